The molecule has 2 aromatic carbocycles. The highest BCUT2D eigenvalue weighted by Crippen LogP contribution is 2.33. The number of benzene rings is 2. The molecule has 0 bridgehead atoms. The fourth-order valence-corrected chi connectivity index (χ4v) is 2.25. The van der Waals surface area contributed by atoms with Crippen LogP contribution in [-0.4, -0.2) is 12.2 Å². The molecule has 0 amide bonds. The highest BCUT2D eigenvalue weighted by atomic mass is 16.3. The number of nitrogens with zero attached hydrogens (tertiary/aromatic N) is 3. The minimum Gasteiger partial charge on any atom is -0.389 e. The fourth-order valence-electron chi connectivity index (χ4n) is 2.25. The zero-order valence-corrected chi connectivity index (χ0v) is 11.9. The summed E-state index contributed by atoms with van der Waals surface area (Å²) in [6.07, 6.45) is -0.663. The Balaban J connectivity index is 2.60. The molecule has 104 valence electrons. The zero-order valence-electron chi connectivity index (χ0n) is 11.9. The number of nitriles is 2. The number of para-hydroxylation sites is 1. The Labute approximate surface area is 124 Å². The number of hydrogen-bond donors (Lipinski definition) is 1. The second kappa shape index (κ2) is 6.09. The maximum absolute atomic E-state index is 9.92. The Morgan fingerprint density at radius 3 is 2.38 bits per heavy atom. The highest BCUT2D eigenvalue weighted by molar-refractivity contribution is 5.72. The van der Waals surface area contributed by atoms with Crippen LogP contribution in [0.5, 0.6) is 0 Å². The molecule has 21 heavy (non-hydrogen) atoms. The number of anilines is 2. The minimum atomic E-state index is -0.663. The Morgan fingerprint density at radius 2 is 1.76 bits per heavy atom. The molecule has 2 rings (SSSR count). The molecular formula is C17H15N3O. The van der Waals surface area contributed by atoms with Gasteiger partial charge in [-0.05, 0) is 31.2 Å². The average molecular weight is 277 g/mol. The molecule has 0 spiro atoms. The van der Waals surface area contributed by atoms with E-state index in [9.17, 15) is 10.4 Å². The predicted octanol–water partition coefficient (Wildman–Crippen LogP) is 3.25. The molecule has 1 unspecified atom stereocenters. The smallest absolute Gasteiger partial charge is 0.101 e. The van der Waals surface area contributed by atoms with Crippen LogP contribution in [0.25, 0.3) is 0 Å². The van der Waals surface area contributed by atoms with E-state index in [4.69, 9.17) is 5.26 Å². The maximum Gasteiger partial charge on any atom is 0.101 e. The van der Waals surface area contributed by atoms with Crippen molar-refractivity contribution in [3.63, 3.8) is 0 Å². The third-order valence-corrected chi connectivity index (χ3v) is 3.36. The van der Waals surface area contributed by atoms with Crippen molar-refractivity contribution in [3.05, 3.63) is 59.2 Å². The standard InChI is InChI=1S/C17H15N3O/c1-12(21)15-8-7-13(10-18)9-17(15)20(2)16-6-4-3-5-14(16)11-19/h3-9,12,21H,1-2H3. The van der Waals surface area contributed by atoms with Crippen LogP contribution in [0.1, 0.15) is 29.7 Å². The van der Waals surface area contributed by atoms with Crippen LogP contribution < -0.4 is 4.90 Å². The number of aliphatic hydroxyl groups is 1. The summed E-state index contributed by atoms with van der Waals surface area (Å²) < 4.78 is 0. The van der Waals surface area contributed by atoms with E-state index >= 15 is 0 Å². The first-order valence-electron chi connectivity index (χ1n) is 6.53. The van der Waals surface area contributed by atoms with Crippen LogP contribution in [0.2, 0.25) is 0 Å². The lowest BCUT2D eigenvalue weighted by molar-refractivity contribution is 0.200. The first-order chi connectivity index (χ1) is 10.1. The molecule has 4 heteroatoms. The summed E-state index contributed by atoms with van der Waals surface area (Å²) in [5.74, 6) is 0. The molecule has 0 aliphatic heterocycles. The second-order valence-corrected chi connectivity index (χ2v) is 4.75. The molecule has 0 saturated heterocycles. The van der Waals surface area contributed by atoms with E-state index < -0.39 is 6.10 Å². The summed E-state index contributed by atoms with van der Waals surface area (Å²) in [6.45, 7) is 1.68. The van der Waals surface area contributed by atoms with Crippen molar-refractivity contribution in [3.8, 4) is 12.1 Å². The molecule has 1 N–H and O–H groups in total. The summed E-state index contributed by atoms with van der Waals surface area (Å²) in [4.78, 5) is 1.82. The number of rotatable bonds is 3. The maximum atomic E-state index is 9.92. The first kappa shape index (κ1) is 14.6. The lowest BCUT2D eigenvalue weighted by atomic mass is 10.0. The van der Waals surface area contributed by atoms with Crippen LogP contribution in [0.3, 0.4) is 0 Å². The number of aliphatic hydroxyl groups excluding tert-OH is 1. The quantitative estimate of drug-likeness (QED) is 0.934. The van der Waals surface area contributed by atoms with Crippen LogP contribution >= 0.6 is 0 Å². The van der Waals surface area contributed by atoms with Crippen LogP contribution in [-0.2, 0) is 0 Å². The van der Waals surface area contributed by atoms with Gasteiger partial charge in [0.25, 0.3) is 0 Å². The van der Waals surface area contributed by atoms with Crippen molar-refractivity contribution in [2.75, 3.05) is 11.9 Å². The van der Waals surface area contributed by atoms with Gasteiger partial charge in [0.1, 0.15) is 6.07 Å². The fraction of sp³-hybridized carbons (Fsp3) is 0.176. The average Bonchev–Trinajstić information content (AvgIpc) is 2.53. The van der Waals surface area contributed by atoms with Crippen molar-refractivity contribution < 1.29 is 5.11 Å². The van der Waals surface area contributed by atoms with Gasteiger partial charge >= 0.3 is 0 Å². The summed E-state index contributed by atoms with van der Waals surface area (Å²) in [5.41, 5.74) is 3.21. The zero-order chi connectivity index (χ0) is 15.4. The molecule has 0 saturated carbocycles. The third-order valence-electron chi connectivity index (χ3n) is 3.36. The van der Waals surface area contributed by atoms with Gasteiger partial charge in [-0.1, -0.05) is 18.2 Å². The SMILES string of the molecule is CC(O)c1ccc(C#N)cc1N(C)c1ccccc1C#N. The first-order valence-corrected chi connectivity index (χ1v) is 6.53. The third kappa shape index (κ3) is 2.86. The Kier molecular flexibility index (Phi) is 4.23. The van der Waals surface area contributed by atoms with Gasteiger partial charge in [-0.2, -0.15) is 10.5 Å². The van der Waals surface area contributed by atoms with Gasteiger partial charge in [0, 0.05) is 18.3 Å². The lowest BCUT2D eigenvalue weighted by Crippen LogP contribution is -2.14. The molecule has 0 aliphatic rings. The van der Waals surface area contributed by atoms with Gasteiger partial charge in [-0.15, -0.1) is 0 Å². The van der Waals surface area contributed by atoms with Crippen molar-refractivity contribution in [2.45, 2.75) is 13.0 Å². The van der Waals surface area contributed by atoms with Gasteiger partial charge in [0.2, 0.25) is 0 Å². The largest absolute Gasteiger partial charge is 0.389 e. The van der Waals surface area contributed by atoms with Gasteiger partial charge in [-0.3, -0.25) is 0 Å². The van der Waals surface area contributed by atoms with Gasteiger partial charge < -0.3 is 10.0 Å². The molecule has 2 aromatic rings. The molecule has 1 atom stereocenters. The van der Waals surface area contributed by atoms with Gasteiger partial charge in [-0.25, -0.2) is 0 Å². The van der Waals surface area contributed by atoms with Crippen LogP contribution in [0.4, 0.5) is 11.4 Å². The van der Waals surface area contributed by atoms with Crippen molar-refractivity contribution >= 4 is 11.4 Å². The van der Waals surface area contributed by atoms with Crippen molar-refractivity contribution in [2.24, 2.45) is 0 Å². The van der Waals surface area contributed by atoms with E-state index in [1.807, 2.05) is 24.1 Å². The van der Waals surface area contributed by atoms with Crippen LogP contribution in [0, 0.1) is 22.7 Å². The Hall–Kier alpha value is -2.82. The molecular weight excluding hydrogens is 262 g/mol. The van der Waals surface area contributed by atoms with E-state index in [-0.39, 0.29) is 0 Å². The molecule has 0 fully saturated rings. The van der Waals surface area contributed by atoms with Crippen LogP contribution in [0.15, 0.2) is 42.5 Å². The summed E-state index contributed by atoms with van der Waals surface area (Å²) >= 11 is 0. The monoisotopic (exact) mass is 277 g/mol. The molecule has 0 aromatic heterocycles. The summed E-state index contributed by atoms with van der Waals surface area (Å²) in [7, 11) is 1.82. The summed E-state index contributed by atoms with van der Waals surface area (Å²) in [5, 5.41) is 28.2. The van der Waals surface area contributed by atoms with E-state index in [2.05, 4.69) is 12.1 Å². The lowest BCUT2D eigenvalue weighted by Gasteiger charge is -2.24. The molecule has 0 radical (unpaired) electrons. The van der Waals surface area contributed by atoms with Gasteiger partial charge in [0.15, 0.2) is 0 Å². The molecule has 0 aliphatic carbocycles. The highest BCUT2D eigenvalue weighted by Gasteiger charge is 2.16. The minimum absolute atomic E-state index is 0.510. The van der Waals surface area contributed by atoms with E-state index in [0.717, 1.165) is 5.69 Å². The second-order valence-electron chi connectivity index (χ2n) is 4.75. The van der Waals surface area contributed by atoms with E-state index in [1.165, 1.54) is 0 Å². The Morgan fingerprint density at radius 1 is 1.05 bits per heavy atom. The summed E-state index contributed by atoms with van der Waals surface area (Å²) in [6, 6.07) is 16.6. The molecule has 4 nitrogen and oxygen atoms in total. The van der Waals surface area contributed by atoms with Crippen molar-refractivity contribution in [1.29, 1.82) is 10.5 Å². The van der Waals surface area contributed by atoms with Crippen molar-refractivity contribution in [1.82, 2.24) is 0 Å². The van der Waals surface area contributed by atoms with E-state index in [1.54, 1.807) is 37.3 Å². The number of hydrogen-bond acceptors (Lipinski definition) is 4. The normalized spacial score (nSPS) is 11.3. The van der Waals surface area contributed by atoms with E-state index in [0.29, 0.717) is 22.4 Å². The predicted molar refractivity (Wildman–Crippen MR) is 81.0 cm³/mol. The topological polar surface area (TPSA) is 71.0 Å². The Bertz CT molecular complexity index is 738. The molecule has 0 heterocycles. The van der Waals surface area contributed by atoms with Gasteiger partial charge in [0.05, 0.1) is 29.0 Å².